The zero-order chi connectivity index (χ0) is 14.7. The maximum atomic E-state index is 12.5. The molecule has 4 heteroatoms. The molecule has 1 aromatic rings. The van der Waals surface area contributed by atoms with Crippen LogP contribution < -0.4 is 0 Å². The molecule has 0 saturated carbocycles. The number of amides is 1. The van der Waals surface area contributed by atoms with Gasteiger partial charge in [-0.05, 0) is 32.4 Å². The molecule has 0 aromatic heterocycles. The van der Waals surface area contributed by atoms with Gasteiger partial charge in [0.1, 0.15) is 0 Å². The Bertz CT molecular complexity index is 477. The van der Waals surface area contributed by atoms with Crippen LogP contribution in [0.15, 0.2) is 18.2 Å². The summed E-state index contributed by atoms with van der Waals surface area (Å²) in [6.07, 6.45) is -0.309. The maximum Gasteiger partial charge on any atom is 0.254 e. The third kappa shape index (κ3) is 3.58. The van der Waals surface area contributed by atoms with E-state index in [1.807, 2.05) is 30.9 Å². The van der Waals surface area contributed by atoms with Crippen molar-refractivity contribution in [1.82, 2.24) is 9.80 Å². The first kappa shape index (κ1) is 15.0. The number of β-amino-alcohol motifs (C(OH)–C–C–N with tert-alkyl or cyclic N) is 1. The van der Waals surface area contributed by atoms with Crippen molar-refractivity contribution in [2.45, 2.75) is 26.9 Å². The number of piperazine rings is 1. The molecule has 4 nitrogen and oxygen atoms in total. The fourth-order valence-corrected chi connectivity index (χ4v) is 2.73. The average Bonchev–Trinajstić information content (AvgIpc) is 2.38. The van der Waals surface area contributed by atoms with Crippen LogP contribution in [0, 0.1) is 13.8 Å². The second-order valence-electron chi connectivity index (χ2n) is 5.76. The van der Waals surface area contributed by atoms with Gasteiger partial charge >= 0.3 is 0 Å². The smallest absolute Gasteiger partial charge is 0.254 e. The molecule has 1 aromatic carbocycles. The molecular weight excluding hydrogens is 252 g/mol. The van der Waals surface area contributed by atoms with Crippen LogP contribution in [0.4, 0.5) is 0 Å². The van der Waals surface area contributed by atoms with Gasteiger partial charge in [0, 0.05) is 38.3 Å². The highest BCUT2D eigenvalue weighted by molar-refractivity contribution is 5.95. The van der Waals surface area contributed by atoms with Crippen molar-refractivity contribution in [3.63, 3.8) is 0 Å². The maximum absolute atomic E-state index is 12.5. The Morgan fingerprint density at radius 2 is 1.90 bits per heavy atom. The van der Waals surface area contributed by atoms with Crippen molar-refractivity contribution >= 4 is 5.91 Å². The lowest BCUT2D eigenvalue weighted by molar-refractivity contribution is 0.0553. The molecule has 0 unspecified atom stereocenters. The molecule has 1 heterocycles. The molecule has 1 N–H and O–H groups in total. The van der Waals surface area contributed by atoms with E-state index < -0.39 is 0 Å². The first-order chi connectivity index (χ1) is 9.47. The van der Waals surface area contributed by atoms with E-state index in [0.717, 1.165) is 37.3 Å². The summed E-state index contributed by atoms with van der Waals surface area (Å²) >= 11 is 0. The zero-order valence-electron chi connectivity index (χ0n) is 12.6. The lowest BCUT2D eigenvalue weighted by Gasteiger charge is -2.35. The first-order valence-electron chi connectivity index (χ1n) is 7.24. The number of aliphatic hydroxyl groups is 1. The van der Waals surface area contributed by atoms with Gasteiger partial charge in [0.15, 0.2) is 0 Å². The van der Waals surface area contributed by atoms with Crippen LogP contribution in [-0.2, 0) is 0 Å². The van der Waals surface area contributed by atoms with Crippen LogP contribution in [-0.4, -0.2) is 59.6 Å². The standard InChI is InChI=1S/C16H24N2O2/c1-12-4-5-15(13(2)10-12)16(20)18-8-6-17(7-9-18)11-14(3)19/h4-5,10,14,19H,6-9,11H2,1-3H3/t14-/m1/s1. The van der Waals surface area contributed by atoms with Gasteiger partial charge in [-0.1, -0.05) is 17.7 Å². The highest BCUT2D eigenvalue weighted by Crippen LogP contribution is 2.14. The molecule has 20 heavy (non-hydrogen) atoms. The van der Waals surface area contributed by atoms with Crippen molar-refractivity contribution < 1.29 is 9.90 Å². The fraction of sp³-hybridized carbons (Fsp3) is 0.562. The molecule has 0 spiro atoms. The second-order valence-corrected chi connectivity index (χ2v) is 5.76. The number of aryl methyl sites for hydroxylation is 2. The van der Waals surface area contributed by atoms with E-state index in [1.165, 1.54) is 5.56 Å². The predicted octanol–water partition coefficient (Wildman–Crippen LogP) is 1.44. The molecule has 2 rings (SSSR count). The predicted molar refractivity (Wildman–Crippen MR) is 79.9 cm³/mol. The fourth-order valence-electron chi connectivity index (χ4n) is 2.73. The van der Waals surface area contributed by atoms with Crippen LogP contribution in [0.5, 0.6) is 0 Å². The minimum absolute atomic E-state index is 0.124. The summed E-state index contributed by atoms with van der Waals surface area (Å²) < 4.78 is 0. The van der Waals surface area contributed by atoms with Crippen molar-refractivity contribution in [3.8, 4) is 0 Å². The van der Waals surface area contributed by atoms with Gasteiger partial charge in [-0.2, -0.15) is 0 Å². The normalized spacial score (nSPS) is 18.1. The Labute approximate surface area is 121 Å². The Hall–Kier alpha value is -1.39. The Kier molecular flexibility index (Phi) is 4.78. The number of hydrogen-bond donors (Lipinski definition) is 1. The third-order valence-electron chi connectivity index (χ3n) is 3.79. The zero-order valence-corrected chi connectivity index (χ0v) is 12.6. The van der Waals surface area contributed by atoms with Gasteiger partial charge in [-0.3, -0.25) is 9.69 Å². The van der Waals surface area contributed by atoms with E-state index in [9.17, 15) is 9.90 Å². The highest BCUT2D eigenvalue weighted by Gasteiger charge is 2.23. The summed E-state index contributed by atoms with van der Waals surface area (Å²) in [5.74, 6) is 0.124. The minimum atomic E-state index is -0.309. The molecule has 1 atom stereocenters. The molecule has 0 radical (unpaired) electrons. The molecule has 0 aliphatic carbocycles. The van der Waals surface area contributed by atoms with Crippen LogP contribution >= 0.6 is 0 Å². The van der Waals surface area contributed by atoms with Crippen LogP contribution in [0.1, 0.15) is 28.4 Å². The number of rotatable bonds is 3. The summed E-state index contributed by atoms with van der Waals surface area (Å²) in [5, 5.41) is 9.40. The van der Waals surface area contributed by atoms with E-state index in [4.69, 9.17) is 0 Å². The largest absolute Gasteiger partial charge is 0.392 e. The molecule has 1 amide bonds. The number of hydrogen-bond acceptors (Lipinski definition) is 3. The SMILES string of the molecule is Cc1ccc(C(=O)N2CCN(C[C@@H](C)O)CC2)c(C)c1. The van der Waals surface area contributed by atoms with Gasteiger partial charge in [0.2, 0.25) is 0 Å². The number of aliphatic hydroxyl groups excluding tert-OH is 1. The van der Waals surface area contributed by atoms with Crippen molar-refractivity contribution in [1.29, 1.82) is 0 Å². The van der Waals surface area contributed by atoms with Crippen LogP contribution in [0.25, 0.3) is 0 Å². The van der Waals surface area contributed by atoms with Gasteiger partial charge in [-0.15, -0.1) is 0 Å². The third-order valence-corrected chi connectivity index (χ3v) is 3.79. The summed E-state index contributed by atoms with van der Waals surface area (Å²) in [5.41, 5.74) is 3.03. The Morgan fingerprint density at radius 3 is 2.45 bits per heavy atom. The lowest BCUT2D eigenvalue weighted by atomic mass is 10.0. The summed E-state index contributed by atoms with van der Waals surface area (Å²) in [7, 11) is 0. The lowest BCUT2D eigenvalue weighted by Crippen LogP contribution is -2.50. The summed E-state index contributed by atoms with van der Waals surface area (Å²) in [6, 6.07) is 5.97. The molecule has 1 aliphatic rings. The summed E-state index contributed by atoms with van der Waals surface area (Å²) in [4.78, 5) is 16.6. The molecule has 0 bridgehead atoms. The Morgan fingerprint density at radius 1 is 1.25 bits per heavy atom. The van der Waals surface area contributed by atoms with Crippen molar-refractivity contribution in [3.05, 3.63) is 34.9 Å². The second kappa shape index (κ2) is 6.37. The van der Waals surface area contributed by atoms with Crippen molar-refractivity contribution in [2.75, 3.05) is 32.7 Å². The van der Waals surface area contributed by atoms with E-state index in [0.29, 0.717) is 6.54 Å². The van der Waals surface area contributed by atoms with Crippen LogP contribution in [0.3, 0.4) is 0 Å². The van der Waals surface area contributed by atoms with E-state index in [-0.39, 0.29) is 12.0 Å². The van der Waals surface area contributed by atoms with Crippen LogP contribution in [0.2, 0.25) is 0 Å². The molecule has 110 valence electrons. The van der Waals surface area contributed by atoms with E-state index in [1.54, 1.807) is 6.92 Å². The average molecular weight is 276 g/mol. The quantitative estimate of drug-likeness (QED) is 0.908. The number of nitrogens with zero attached hydrogens (tertiary/aromatic N) is 2. The highest BCUT2D eigenvalue weighted by atomic mass is 16.3. The minimum Gasteiger partial charge on any atom is -0.392 e. The van der Waals surface area contributed by atoms with E-state index >= 15 is 0 Å². The van der Waals surface area contributed by atoms with Gasteiger partial charge in [0.05, 0.1) is 6.10 Å². The van der Waals surface area contributed by atoms with Crippen molar-refractivity contribution in [2.24, 2.45) is 0 Å². The van der Waals surface area contributed by atoms with E-state index in [2.05, 4.69) is 11.0 Å². The summed E-state index contributed by atoms with van der Waals surface area (Å²) in [6.45, 7) is 9.65. The topological polar surface area (TPSA) is 43.8 Å². The molecular formula is C16H24N2O2. The number of carbonyl (C=O) groups excluding carboxylic acids is 1. The van der Waals surface area contributed by atoms with Gasteiger partial charge < -0.3 is 10.0 Å². The number of benzene rings is 1. The molecule has 1 fully saturated rings. The monoisotopic (exact) mass is 276 g/mol. The Balaban J connectivity index is 1.98. The first-order valence-corrected chi connectivity index (χ1v) is 7.24. The molecule has 1 saturated heterocycles. The van der Waals surface area contributed by atoms with Gasteiger partial charge in [0.25, 0.3) is 5.91 Å². The number of carbonyl (C=O) groups is 1. The molecule has 1 aliphatic heterocycles. The van der Waals surface area contributed by atoms with Gasteiger partial charge in [-0.25, -0.2) is 0 Å².